The fourth-order valence-electron chi connectivity index (χ4n) is 6.69. The Kier molecular flexibility index (Phi) is 6.14. The third-order valence-corrected chi connectivity index (χ3v) is 9.33. The van der Waals surface area contributed by atoms with Gasteiger partial charge >= 0.3 is 0 Å². The quantitative estimate of drug-likeness (QED) is 0.449. The fourth-order valence-corrected chi connectivity index (χ4v) is 6.69. The van der Waals surface area contributed by atoms with Crippen LogP contribution in [0.25, 0.3) is 0 Å². The van der Waals surface area contributed by atoms with Crippen LogP contribution < -0.4 is 0 Å². The van der Waals surface area contributed by atoms with Crippen LogP contribution in [0.4, 0.5) is 0 Å². The zero-order valence-corrected chi connectivity index (χ0v) is 19.3. The molecular weight excluding hydrogens is 340 g/mol. The minimum Gasteiger partial charge on any atom is -0.295 e. The molecular formula is C27H42O. The summed E-state index contributed by atoms with van der Waals surface area (Å²) >= 11 is 0. The summed E-state index contributed by atoms with van der Waals surface area (Å²) in [5, 5.41) is 0. The largest absolute Gasteiger partial charge is 0.295 e. The van der Waals surface area contributed by atoms with Gasteiger partial charge in [0.15, 0.2) is 5.78 Å². The van der Waals surface area contributed by atoms with Gasteiger partial charge in [0.1, 0.15) is 0 Å². The first kappa shape index (κ1) is 21.6. The van der Waals surface area contributed by atoms with Crippen LogP contribution in [0.15, 0.2) is 35.5 Å². The van der Waals surface area contributed by atoms with Crippen LogP contribution in [-0.4, -0.2) is 5.78 Å². The van der Waals surface area contributed by atoms with Gasteiger partial charge in [-0.2, -0.15) is 0 Å². The molecule has 3 aliphatic carbocycles. The highest BCUT2D eigenvalue weighted by molar-refractivity contribution is 5.92. The summed E-state index contributed by atoms with van der Waals surface area (Å²) < 4.78 is 0. The predicted molar refractivity (Wildman–Crippen MR) is 120 cm³/mol. The van der Waals surface area contributed by atoms with Crippen molar-refractivity contribution in [2.45, 2.75) is 87.0 Å². The number of hydrogen-bond acceptors (Lipinski definition) is 1. The smallest absolute Gasteiger partial charge is 0.156 e. The van der Waals surface area contributed by atoms with E-state index in [-0.39, 0.29) is 5.41 Å². The van der Waals surface area contributed by atoms with Gasteiger partial charge in [0.05, 0.1) is 0 Å². The van der Waals surface area contributed by atoms with Gasteiger partial charge in [0.25, 0.3) is 0 Å². The lowest BCUT2D eigenvalue weighted by molar-refractivity contribution is -0.116. The first-order valence-electron chi connectivity index (χ1n) is 11.7. The lowest BCUT2D eigenvalue weighted by atomic mass is 9.46. The number of allylic oxidation sites excluding steroid dienone is 6. The van der Waals surface area contributed by atoms with Crippen LogP contribution in [0.2, 0.25) is 0 Å². The molecule has 28 heavy (non-hydrogen) atoms. The minimum atomic E-state index is 0.210. The summed E-state index contributed by atoms with van der Waals surface area (Å²) in [7, 11) is 0. The molecule has 0 heterocycles. The molecule has 1 heteroatoms. The Morgan fingerprint density at radius 2 is 1.96 bits per heavy atom. The Bertz CT molecular complexity index is 691. The molecule has 1 fully saturated rings. The number of ketones is 1. The normalized spacial score (nSPS) is 39.5. The maximum absolute atomic E-state index is 12.0. The van der Waals surface area contributed by atoms with E-state index in [0.29, 0.717) is 29.0 Å². The summed E-state index contributed by atoms with van der Waals surface area (Å²) in [6.07, 6.45) is 16.1. The van der Waals surface area contributed by atoms with Crippen molar-refractivity contribution >= 4 is 5.78 Å². The van der Waals surface area contributed by atoms with E-state index in [9.17, 15) is 4.79 Å². The summed E-state index contributed by atoms with van der Waals surface area (Å²) in [6.45, 7) is 16.9. The zero-order valence-electron chi connectivity index (χ0n) is 19.3. The van der Waals surface area contributed by atoms with Gasteiger partial charge in [-0.15, -0.1) is 0 Å². The molecule has 0 radical (unpaired) electrons. The molecule has 0 spiro atoms. The summed E-state index contributed by atoms with van der Waals surface area (Å²) in [6, 6.07) is 0. The van der Waals surface area contributed by atoms with Crippen molar-refractivity contribution in [3.63, 3.8) is 0 Å². The Balaban J connectivity index is 1.79. The monoisotopic (exact) mass is 382 g/mol. The molecule has 156 valence electrons. The van der Waals surface area contributed by atoms with Crippen molar-refractivity contribution < 1.29 is 4.79 Å². The molecule has 0 aromatic carbocycles. The van der Waals surface area contributed by atoms with Crippen molar-refractivity contribution in [2.24, 2.45) is 40.4 Å². The highest BCUT2D eigenvalue weighted by Gasteiger charge is 2.53. The number of fused-ring (bicyclic) bond motifs is 3. The van der Waals surface area contributed by atoms with Crippen LogP contribution in [0, 0.1) is 40.4 Å². The van der Waals surface area contributed by atoms with Gasteiger partial charge in [-0.25, -0.2) is 0 Å². The van der Waals surface area contributed by atoms with E-state index < -0.39 is 0 Å². The molecule has 1 saturated carbocycles. The molecule has 7 atom stereocenters. The van der Waals surface area contributed by atoms with Crippen LogP contribution in [0.3, 0.4) is 0 Å². The van der Waals surface area contributed by atoms with Crippen molar-refractivity contribution in [1.82, 2.24) is 0 Å². The summed E-state index contributed by atoms with van der Waals surface area (Å²) in [5.74, 6) is 3.86. The van der Waals surface area contributed by atoms with Crippen molar-refractivity contribution in [3.8, 4) is 0 Å². The molecule has 0 saturated heterocycles. The molecule has 0 aromatic rings. The Morgan fingerprint density at radius 1 is 1.25 bits per heavy atom. The topological polar surface area (TPSA) is 17.1 Å². The highest BCUT2D eigenvalue weighted by atomic mass is 16.1. The van der Waals surface area contributed by atoms with Gasteiger partial charge in [-0.1, -0.05) is 58.4 Å². The van der Waals surface area contributed by atoms with Crippen LogP contribution in [0.5, 0.6) is 0 Å². The molecule has 3 unspecified atom stereocenters. The van der Waals surface area contributed by atoms with Gasteiger partial charge in [-0.05, 0) is 98.0 Å². The van der Waals surface area contributed by atoms with Crippen molar-refractivity contribution in [1.29, 1.82) is 0 Å². The lowest BCUT2D eigenvalue weighted by Crippen LogP contribution is -2.51. The molecule has 0 aromatic heterocycles. The standard InChI is InChI=1S/C27H42O/c1-18(2)9-8-10-19(3)20(4)26(6)16-14-25-24(21(26)5)12-11-22-17-23(28)13-15-27(22,25)7/h9,11-12,17,19-21,24-25H,8,10,13-16H2,1-7H3/t19-,20-,21+,24?,25+,26?,27?/m1/s1. The number of hydrogen-bond donors (Lipinski definition) is 0. The average molecular weight is 383 g/mol. The van der Waals surface area contributed by atoms with Crippen molar-refractivity contribution in [3.05, 3.63) is 35.5 Å². The lowest BCUT2D eigenvalue weighted by Gasteiger charge is -2.58. The molecule has 3 aliphatic rings. The first-order valence-corrected chi connectivity index (χ1v) is 11.7. The summed E-state index contributed by atoms with van der Waals surface area (Å²) in [5.41, 5.74) is 3.36. The van der Waals surface area contributed by atoms with Crippen molar-refractivity contribution in [2.75, 3.05) is 0 Å². The van der Waals surface area contributed by atoms with Crippen LogP contribution in [-0.2, 0) is 4.79 Å². The van der Waals surface area contributed by atoms with E-state index in [1.807, 2.05) is 6.08 Å². The maximum atomic E-state index is 12.0. The zero-order chi connectivity index (χ0) is 20.7. The van der Waals surface area contributed by atoms with Gasteiger partial charge in [0.2, 0.25) is 0 Å². The number of carbonyl (C=O) groups is 1. The van der Waals surface area contributed by atoms with Gasteiger partial charge in [-0.3, -0.25) is 4.79 Å². The Hall–Kier alpha value is -1.11. The van der Waals surface area contributed by atoms with Gasteiger partial charge < -0.3 is 0 Å². The Morgan fingerprint density at radius 3 is 2.64 bits per heavy atom. The molecule has 0 aliphatic heterocycles. The SMILES string of the molecule is CC(C)=CCC[C@@H](C)[C@@H](C)C1(C)CC[C@H]2C(C=CC3=CC(=O)CCC32C)[C@@H]1C. The van der Waals surface area contributed by atoms with E-state index in [1.165, 1.54) is 36.8 Å². The number of carbonyl (C=O) groups excluding carboxylic acids is 1. The maximum Gasteiger partial charge on any atom is 0.156 e. The predicted octanol–water partition coefficient (Wildman–Crippen LogP) is 7.54. The second-order valence-corrected chi connectivity index (χ2v) is 11.0. The third kappa shape index (κ3) is 3.71. The van der Waals surface area contributed by atoms with E-state index in [2.05, 4.69) is 66.7 Å². The van der Waals surface area contributed by atoms with E-state index in [0.717, 1.165) is 24.7 Å². The second kappa shape index (κ2) is 7.96. The molecule has 3 rings (SSSR count). The molecule has 0 N–H and O–H groups in total. The van der Waals surface area contributed by atoms with Crippen LogP contribution >= 0.6 is 0 Å². The average Bonchev–Trinajstić information content (AvgIpc) is 2.64. The Labute approximate surface area is 173 Å². The second-order valence-electron chi connectivity index (χ2n) is 11.0. The van der Waals surface area contributed by atoms with Gasteiger partial charge in [0, 0.05) is 6.42 Å². The molecule has 0 amide bonds. The minimum absolute atomic E-state index is 0.210. The van der Waals surface area contributed by atoms with E-state index in [1.54, 1.807) is 0 Å². The van der Waals surface area contributed by atoms with Crippen LogP contribution in [0.1, 0.15) is 87.0 Å². The molecule has 0 bridgehead atoms. The van der Waals surface area contributed by atoms with E-state index in [4.69, 9.17) is 0 Å². The third-order valence-electron chi connectivity index (χ3n) is 9.33. The highest BCUT2D eigenvalue weighted by Crippen LogP contribution is 2.61. The molecule has 1 nitrogen and oxygen atoms in total. The first-order chi connectivity index (χ1) is 13.1. The summed E-state index contributed by atoms with van der Waals surface area (Å²) in [4.78, 5) is 12.0. The number of rotatable bonds is 5. The van der Waals surface area contributed by atoms with E-state index >= 15 is 0 Å². The fraction of sp³-hybridized carbons (Fsp3) is 0.741.